The number of carboxylic acid groups (broad SMARTS) is 1. The minimum atomic E-state index is -1.21. The van der Waals surface area contributed by atoms with Gasteiger partial charge in [-0.25, -0.2) is 13.6 Å². The Bertz CT molecular complexity index is 1290. The Morgan fingerprint density at radius 2 is 1.88 bits per heavy atom. The number of carboxylic acids is 1. The summed E-state index contributed by atoms with van der Waals surface area (Å²) in [4.78, 5) is 36.2. The number of pyridine rings is 1. The molecule has 2 amide bonds. The minimum absolute atomic E-state index is 0.102. The van der Waals surface area contributed by atoms with Gasteiger partial charge in [-0.2, -0.15) is 0 Å². The maximum Gasteiger partial charge on any atom is 0.319 e. The first-order valence-corrected chi connectivity index (χ1v) is 9.80. The summed E-state index contributed by atoms with van der Waals surface area (Å²) in [6, 6.07) is 7.25. The molecule has 0 fully saturated rings. The van der Waals surface area contributed by atoms with Crippen LogP contribution in [0.2, 0.25) is 0 Å². The van der Waals surface area contributed by atoms with E-state index in [-0.39, 0.29) is 11.3 Å². The van der Waals surface area contributed by atoms with E-state index in [1.165, 1.54) is 29.9 Å². The van der Waals surface area contributed by atoms with E-state index in [1.807, 2.05) is 0 Å². The van der Waals surface area contributed by atoms with Gasteiger partial charge in [0.1, 0.15) is 17.4 Å². The van der Waals surface area contributed by atoms with Crippen molar-refractivity contribution in [2.75, 3.05) is 5.32 Å². The number of benzene rings is 2. The lowest BCUT2D eigenvalue weighted by Crippen LogP contribution is -2.36. The predicted molar refractivity (Wildman–Crippen MR) is 117 cm³/mol. The molecule has 0 unspecified atom stereocenters. The second-order valence-electron chi connectivity index (χ2n) is 7.45. The number of rotatable bonds is 6. The number of amides is 2. The van der Waals surface area contributed by atoms with Gasteiger partial charge in [0, 0.05) is 30.4 Å². The molecule has 33 heavy (non-hydrogen) atoms. The third-order valence-corrected chi connectivity index (χ3v) is 4.99. The van der Waals surface area contributed by atoms with E-state index in [4.69, 9.17) is 0 Å². The maximum absolute atomic E-state index is 14.2. The summed E-state index contributed by atoms with van der Waals surface area (Å²) in [6.45, 7) is 1.55. The van der Waals surface area contributed by atoms with Gasteiger partial charge >= 0.3 is 12.0 Å². The topological polar surface area (TPSA) is 121 Å². The predicted octanol–water partition coefficient (Wildman–Crippen LogP) is 3.68. The Hall–Kier alpha value is -4.21. The molecule has 1 heterocycles. The summed E-state index contributed by atoms with van der Waals surface area (Å²) < 4.78 is 28.6. The summed E-state index contributed by atoms with van der Waals surface area (Å²) in [7, 11) is 1.45. The van der Waals surface area contributed by atoms with Gasteiger partial charge in [-0.1, -0.05) is 18.2 Å². The van der Waals surface area contributed by atoms with Crippen LogP contribution in [-0.4, -0.2) is 26.8 Å². The second kappa shape index (κ2) is 9.51. The van der Waals surface area contributed by atoms with Crippen molar-refractivity contribution in [1.82, 2.24) is 9.88 Å². The summed E-state index contributed by atoms with van der Waals surface area (Å²) in [5.41, 5.74) is 0.138. The molecule has 3 aromatic rings. The first kappa shape index (κ1) is 23.5. The molecule has 0 aliphatic carbocycles. The van der Waals surface area contributed by atoms with Crippen LogP contribution in [0.25, 0.3) is 11.1 Å². The lowest BCUT2D eigenvalue weighted by atomic mass is 9.97. The fraction of sp³-hybridized carbons (Fsp3) is 0.174. The quantitative estimate of drug-likeness (QED) is 0.450. The smallest absolute Gasteiger partial charge is 0.319 e. The van der Waals surface area contributed by atoms with Crippen molar-refractivity contribution in [3.05, 3.63) is 81.8 Å². The molecule has 4 N–H and O–H groups in total. The molecule has 8 nitrogen and oxygen atoms in total. The van der Waals surface area contributed by atoms with Crippen molar-refractivity contribution in [2.24, 2.45) is 7.05 Å². The average Bonchev–Trinajstić information content (AvgIpc) is 2.74. The standard InChI is InChI=1S/C23H21F2N3O5/c1-12-11-28(2)22(32)20(21(12)31)27-23(33)26-18(10-19(29)30)14-5-3-4-13(8-14)16-7-6-15(24)9-17(16)25/h3-9,11,18,31H,10H2,1-2H3,(H,29,30)(H2,26,27,33)/t18-/m0/s1. The molecule has 0 saturated heterocycles. The van der Waals surface area contributed by atoms with Crippen LogP contribution in [0, 0.1) is 18.6 Å². The summed E-state index contributed by atoms with van der Waals surface area (Å²) in [6.07, 6.45) is 0.884. The molecule has 172 valence electrons. The van der Waals surface area contributed by atoms with Crippen LogP contribution in [0.4, 0.5) is 19.3 Å². The molecular weight excluding hydrogens is 436 g/mol. The molecule has 0 radical (unpaired) electrons. The Kier molecular flexibility index (Phi) is 6.76. The normalized spacial score (nSPS) is 11.6. The van der Waals surface area contributed by atoms with Gasteiger partial charge in [-0.3, -0.25) is 9.59 Å². The number of halogens is 2. The molecule has 10 heteroatoms. The number of hydrogen-bond donors (Lipinski definition) is 4. The molecule has 1 atom stereocenters. The Balaban J connectivity index is 1.90. The van der Waals surface area contributed by atoms with Crippen LogP contribution in [0.15, 0.2) is 53.5 Å². The molecule has 0 bridgehead atoms. The van der Waals surface area contributed by atoms with Crippen molar-refractivity contribution in [2.45, 2.75) is 19.4 Å². The number of aromatic hydroxyl groups is 1. The number of aliphatic carboxylic acids is 1. The first-order valence-electron chi connectivity index (χ1n) is 9.80. The number of urea groups is 1. The summed E-state index contributed by atoms with van der Waals surface area (Å²) >= 11 is 0. The Morgan fingerprint density at radius 3 is 2.55 bits per heavy atom. The monoisotopic (exact) mass is 457 g/mol. The molecule has 3 rings (SSSR count). The second-order valence-corrected chi connectivity index (χ2v) is 7.45. The SMILES string of the molecule is Cc1cn(C)c(=O)c(NC(=O)N[C@@H](CC(=O)O)c2cccc(-c3ccc(F)cc3F)c2)c1O. The number of anilines is 1. The highest BCUT2D eigenvalue weighted by Gasteiger charge is 2.21. The van der Waals surface area contributed by atoms with E-state index in [1.54, 1.807) is 25.1 Å². The van der Waals surface area contributed by atoms with Crippen LogP contribution >= 0.6 is 0 Å². The lowest BCUT2D eigenvalue weighted by molar-refractivity contribution is -0.137. The number of hydrogen-bond acceptors (Lipinski definition) is 4. The lowest BCUT2D eigenvalue weighted by Gasteiger charge is -2.19. The molecule has 2 aromatic carbocycles. The Labute approximate surface area is 187 Å². The Morgan fingerprint density at radius 1 is 1.15 bits per heavy atom. The molecule has 0 saturated carbocycles. The largest absolute Gasteiger partial charge is 0.505 e. The van der Waals surface area contributed by atoms with Gasteiger partial charge in [-0.05, 0) is 36.2 Å². The van der Waals surface area contributed by atoms with E-state index in [0.717, 1.165) is 12.1 Å². The van der Waals surface area contributed by atoms with E-state index < -0.39 is 47.4 Å². The van der Waals surface area contributed by atoms with Gasteiger partial charge in [0.15, 0.2) is 5.69 Å². The number of carbonyl (C=O) groups excluding carboxylic acids is 1. The first-order chi connectivity index (χ1) is 15.6. The third kappa shape index (κ3) is 5.35. The molecule has 0 spiro atoms. The van der Waals surface area contributed by atoms with Crippen LogP contribution < -0.4 is 16.2 Å². The average molecular weight is 457 g/mol. The van der Waals surface area contributed by atoms with Crippen LogP contribution in [0.1, 0.15) is 23.6 Å². The highest BCUT2D eigenvalue weighted by molar-refractivity contribution is 5.91. The van der Waals surface area contributed by atoms with Gasteiger partial charge < -0.3 is 25.4 Å². The van der Waals surface area contributed by atoms with Crippen LogP contribution in [-0.2, 0) is 11.8 Å². The zero-order valence-corrected chi connectivity index (χ0v) is 17.7. The van der Waals surface area contributed by atoms with Crippen LogP contribution in [0.3, 0.4) is 0 Å². The van der Waals surface area contributed by atoms with Gasteiger partial charge in [0.05, 0.1) is 12.5 Å². The molecular formula is C23H21F2N3O5. The van der Waals surface area contributed by atoms with Crippen molar-refractivity contribution in [3.8, 4) is 16.9 Å². The van der Waals surface area contributed by atoms with Gasteiger partial charge in [0.2, 0.25) is 0 Å². The fourth-order valence-electron chi connectivity index (χ4n) is 3.38. The molecule has 0 aliphatic rings. The third-order valence-electron chi connectivity index (χ3n) is 4.99. The van der Waals surface area contributed by atoms with Gasteiger partial charge in [0.25, 0.3) is 5.56 Å². The van der Waals surface area contributed by atoms with Crippen molar-refractivity contribution in [1.29, 1.82) is 0 Å². The van der Waals surface area contributed by atoms with E-state index >= 15 is 0 Å². The van der Waals surface area contributed by atoms with Crippen molar-refractivity contribution >= 4 is 17.7 Å². The van der Waals surface area contributed by atoms with Crippen LogP contribution in [0.5, 0.6) is 5.75 Å². The number of aryl methyl sites for hydroxylation is 2. The zero-order valence-electron chi connectivity index (χ0n) is 17.7. The number of aromatic nitrogens is 1. The zero-order chi connectivity index (χ0) is 24.3. The van der Waals surface area contributed by atoms with Crippen molar-refractivity contribution < 1.29 is 28.6 Å². The maximum atomic E-state index is 14.2. The highest BCUT2D eigenvalue weighted by Crippen LogP contribution is 2.28. The van der Waals surface area contributed by atoms with Gasteiger partial charge in [-0.15, -0.1) is 0 Å². The number of carbonyl (C=O) groups is 2. The van der Waals surface area contributed by atoms with E-state index in [9.17, 15) is 33.4 Å². The fourth-order valence-corrected chi connectivity index (χ4v) is 3.38. The number of nitrogens with one attached hydrogen (secondary N) is 2. The summed E-state index contributed by atoms with van der Waals surface area (Å²) in [5, 5.41) is 24.2. The highest BCUT2D eigenvalue weighted by atomic mass is 19.1. The molecule has 1 aromatic heterocycles. The minimum Gasteiger partial charge on any atom is -0.505 e. The summed E-state index contributed by atoms with van der Waals surface area (Å²) in [5.74, 6) is -3.15. The number of nitrogens with zero attached hydrogens (tertiary/aromatic N) is 1. The molecule has 0 aliphatic heterocycles. The van der Waals surface area contributed by atoms with E-state index in [0.29, 0.717) is 16.7 Å². The van der Waals surface area contributed by atoms with E-state index in [2.05, 4.69) is 10.6 Å². The van der Waals surface area contributed by atoms with Crippen molar-refractivity contribution in [3.63, 3.8) is 0 Å².